The molecule has 2 N–H and O–H groups in total. The summed E-state index contributed by atoms with van der Waals surface area (Å²) in [5.41, 5.74) is 5.61. The van der Waals surface area contributed by atoms with Crippen molar-refractivity contribution in [1.29, 1.82) is 0 Å². The summed E-state index contributed by atoms with van der Waals surface area (Å²) in [4.78, 5) is 25.2. The summed E-state index contributed by atoms with van der Waals surface area (Å²) in [7, 11) is 0. The van der Waals surface area contributed by atoms with Crippen LogP contribution in [0.4, 0.5) is 13.2 Å². The molecule has 2 rings (SSSR count). The topological polar surface area (TPSA) is 72.6 Å². The lowest BCUT2D eigenvalue weighted by Gasteiger charge is -2.33. The molecule has 24 heavy (non-hydrogen) atoms. The molecular formula is C16H19F3N2O3. The van der Waals surface area contributed by atoms with E-state index in [9.17, 15) is 22.8 Å². The number of piperidine rings is 1. The molecule has 132 valence electrons. The highest BCUT2D eigenvalue weighted by Gasteiger charge is 2.35. The highest BCUT2D eigenvalue weighted by atomic mass is 19.4. The lowest BCUT2D eigenvalue weighted by molar-refractivity contribution is -0.191. The molecule has 1 aliphatic heterocycles. The summed E-state index contributed by atoms with van der Waals surface area (Å²) in [5, 5.41) is 0. The second kappa shape index (κ2) is 7.65. The maximum absolute atomic E-state index is 12.6. The summed E-state index contributed by atoms with van der Waals surface area (Å²) in [6.45, 7) is -0.966. The van der Waals surface area contributed by atoms with Crippen LogP contribution in [0.3, 0.4) is 0 Å². The third-order valence-corrected chi connectivity index (χ3v) is 3.95. The Morgan fingerprint density at radius 1 is 1.21 bits per heavy atom. The Bertz CT molecular complexity index is 570. The van der Waals surface area contributed by atoms with Crippen LogP contribution in [0, 0.1) is 5.92 Å². The Kier molecular flexibility index (Phi) is 5.82. The van der Waals surface area contributed by atoms with Crippen molar-refractivity contribution in [1.82, 2.24) is 4.90 Å². The van der Waals surface area contributed by atoms with Crippen molar-refractivity contribution in [3.05, 3.63) is 35.9 Å². The van der Waals surface area contributed by atoms with Gasteiger partial charge >= 0.3 is 6.18 Å². The number of likely N-dealkylation sites (tertiary alicyclic amines) is 1. The van der Waals surface area contributed by atoms with Crippen LogP contribution in [0.25, 0.3) is 0 Å². The van der Waals surface area contributed by atoms with Crippen LogP contribution < -0.4 is 5.73 Å². The Morgan fingerprint density at radius 3 is 2.29 bits per heavy atom. The number of hydrogen-bond donors (Lipinski definition) is 1. The molecule has 1 aromatic rings. The Labute approximate surface area is 137 Å². The van der Waals surface area contributed by atoms with E-state index < -0.39 is 30.7 Å². The average molecular weight is 344 g/mol. The average Bonchev–Trinajstić information content (AvgIpc) is 2.55. The van der Waals surface area contributed by atoms with Gasteiger partial charge in [0.1, 0.15) is 6.61 Å². The van der Waals surface area contributed by atoms with Crippen LogP contribution in [0.1, 0.15) is 24.5 Å². The zero-order chi connectivity index (χ0) is 17.7. The zero-order valence-corrected chi connectivity index (χ0v) is 13.0. The van der Waals surface area contributed by atoms with Gasteiger partial charge in [0.25, 0.3) is 5.91 Å². The molecule has 0 aromatic heterocycles. The minimum atomic E-state index is -4.52. The van der Waals surface area contributed by atoms with Gasteiger partial charge in [0.15, 0.2) is 6.10 Å². The van der Waals surface area contributed by atoms with E-state index in [4.69, 9.17) is 10.5 Å². The first-order chi connectivity index (χ1) is 11.3. The summed E-state index contributed by atoms with van der Waals surface area (Å²) in [6, 6.07) is 8.06. The van der Waals surface area contributed by atoms with Gasteiger partial charge in [0.05, 0.1) is 0 Å². The van der Waals surface area contributed by atoms with Crippen molar-refractivity contribution >= 4 is 11.8 Å². The zero-order valence-electron chi connectivity index (χ0n) is 13.0. The number of primary amides is 1. The van der Waals surface area contributed by atoms with Crippen molar-refractivity contribution in [3.8, 4) is 0 Å². The van der Waals surface area contributed by atoms with Gasteiger partial charge in [0, 0.05) is 19.0 Å². The van der Waals surface area contributed by atoms with Crippen molar-refractivity contribution in [2.75, 3.05) is 19.7 Å². The third-order valence-electron chi connectivity index (χ3n) is 3.95. The number of ether oxygens (including phenoxy) is 1. The molecule has 1 heterocycles. The van der Waals surface area contributed by atoms with Gasteiger partial charge in [-0.1, -0.05) is 30.3 Å². The predicted octanol–water partition coefficient (Wildman–Crippen LogP) is 2.03. The minimum absolute atomic E-state index is 0.269. The molecule has 8 heteroatoms. The molecule has 1 atom stereocenters. The van der Waals surface area contributed by atoms with Crippen LogP contribution in [0.2, 0.25) is 0 Å². The molecule has 5 nitrogen and oxygen atoms in total. The van der Waals surface area contributed by atoms with E-state index in [1.165, 1.54) is 4.90 Å². The van der Waals surface area contributed by atoms with E-state index in [0.29, 0.717) is 18.4 Å². The molecule has 0 aliphatic carbocycles. The lowest BCUT2D eigenvalue weighted by atomic mass is 9.95. The number of hydrogen-bond acceptors (Lipinski definition) is 3. The van der Waals surface area contributed by atoms with Crippen LogP contribution in [-0.4, -0.2) is 42.6 Å². The molecule has 2 amide bonds. The smallest absolute Gasteiger partial charge is 0.369 e. The van der Waals surface area contributed by atoms with Gasteiger partial charge in [-0.3, -0.25) is 9.59 Å². The van der Waals surface area contributed by atoms with Crippen LogP contribution in [-0.2, 0) is 14.3 Å². The number of amides is 2. The van der Waals surface area contributed by atoms with E-state index in [0.717, 1.165) is 0 Å². The molecule has 0 unspecified atom stereocenters. The number of nitrogens with two attached hydrogens (primary N) is 1. The lowest BCUT2D eigenvalue weighted by Crippen LogP contribution is -2.44. The van der Waals surface area contributed by atoms with Gasteiger partial charge < -0.3 is 15.4 Å². The second-order valence-corrected chi connectivity index (χ2v) is 5.72. The molecule has 1 fully saturated rings. The van der Waals surface area contributed by atoms with Crippen molar-refractivity contribution in [2.24, 2.45) is 11.7 Å². The largest absolute Gasteiger partial charge is 0.411 e. The van der Waals surface area contributed by atoms with Crippen LogP contribution in [0.15, 0.2) is 30.3 Å². The van der Waals surface area contributed by atoms with E-state index >= 15 is 0 Å². The van der Waals surface area contributed by atoms with Crippen molar-refractivity contribution < 1.29 is 27.5 Å². The monoisotopic (exact) mass is 344 g/mol. The summed E-state index contributed by atoms with van der Waals surface area (Å²) < 4.78 is 42.3. The first kappa shape index (κ1) is 18.3. The normalized spacial score (nSPS) is 17.5. The predicted molar refractivity (Wildman–Crippen MR) is 79.7 cm³/mol. The highest BCUT2D eigenvalue weighted by Crippen LogP contribution is 2.26. The number of halogens is 3. The quantitative estimate of drug-likeness (QED) is 0.888. The fraction of sp³-hybridized carbons (Fsp3) is 0.500. The molecular weight excluding hydrogens is 325 g/mol. The van der Waals surface area contributed by atoms with E-state index in [2.05, 4.69) is 0 Å². The Hall–Kier alpha value is -2.09. The number of carbonyl (C=O) groups excluding carboxylic acids is 2. The molecule has 0 saturated carbocycles. The Balaban J connectivity index is 2.09. The highest BCUT2D eigenvalue weighted by molar-refractivity contribution is 5.83. The summed E-state index contributed by atoms with van der Waals surface area (Å²) in [5.74, 6) is -1.26. The minimum Gasteiger partial charge on any atom is -0.369 e. The number of benzene rings is 1. The maximum Gasteiger partial charge on any atom is 0.411 e. The molecule has 0 radical (unpaired) electrons. The number of rotatable bonds is 5. The van der Waals surface area contributed by atoms with Crippen molar-refractivity contribution in [3.63, 3.8) is 0 Å². The maximum atomic E-state index is 12.6. The SMILES string of the molecule is NC(=O)C1CCN(C(=O)[C@H](OCC(F)(F)F)c2ccccc2)CC1. The van der Waals surface area contributed by atoms with E-state index in [1.54, 1.807) is 30.3 Å². The first-order valence-corrected chi connectivity index (χ1v) is 7.59. The summed E-state index contributed by atoms with van der Waals surface area (Å²) in [6.07, 6.45) is -5.03. The Morgan fingerprint density at radius 2 is 1.79 bits per heavy atom. The molecule has 1 aliphatic rings. The number of alkyl halides is 3. The van der Waals surface area contributed by atoms with Crippen LogP contribution in [0.5, 0.6) is 0 Å². The second-order valence-electron chi connectivity index (χ2n) is 5.72. The van der Waals surface area contributed by atoms with Crippen LogP contribution >= 0.6 is 0 Å². The van der Waals surface area contributed by atoms with Gasteiger partial charge in [-0.2, -0.15) is 13.2 Å². The molecule has 0 spiro atoms. The molecule has 1 saturated heterocycles. The third kappa shape index (κ3) is 4.95. The number of nitrogens with zero attached hydrogens (tertiary/aromatic N) is 1. The fourth-order valence-electron chi connectivity index (χ4n) is 2.67. The van der Waals surface area contributed by atoms with Gasteiger partial charge in [-0.15, -0.1) is 0 Å². The van der Waals surface area contributed by atoms with Gasteiger partial charge in [-0.05, 0) is 18.4 Å². The van der Waals surface area contributed by atoms with Gasteiger partial charge in [0.2, 0.25) is 5.91 Å². The summed E-state index contributed by atoms with van der Waals surface area (Å²) >= 11 is 0. The molecule has 1 aromatic carbocycles. The van der Waals surface area contributed by atoms with E-state index in [1.807, 2.05) is 0 Å². The van der Waals surface area contributed by atoms with E-state index in [-0.39, 0.29) is 19.0 Å². The van der Waals surface area contributed by atoms with Gasteiger partial charge in [-0.25, -0.2) is 0 Å². The fourth-order valence-corrected chi connectivity index (χ4v) is 2.67. The standard InChI is InChI=1S/C16H19F3N2O3/c17-16(18,19)10-24-13(11-4-2-1-3-5-11)15(23)21-8-6-12(7-9-21)14(20)22/h1-5,12-13H,6-10H2,(H2,20,22)/t13-/m1/s1. The number of carbonyl (C=O) groups is 2. The van der Waals surface area contributed by atoms with Crippen molar-refractivity contribution in [2.45, 2.75) is 25.1 Å². The first-order valence-electron chi connectivity index (χ1n) is 7.59. The molecule has 0 bridgehead atoms.